The topological polar surface area (TPSA) is 37.8 Å². The molecule has 0 radical (unpaired) electrons. The van der Waals surface area contributed by atoms with Gasteiger partial charge in [-0.25, -0.2) is 9.97 Å². The lowest BCUT2D eigenvalue weighted by molar-refractivity contribution is 0.826. The molecule has 0 saturated heterocycles. The number of anilines is 1. The van der Waals surface area contributed by atoms with E-state index < -0.39 is 0 Å². The first kappa shape index (κ1) is 7.98. The Kier molecular flexibility index (Phi) is 3.38. The van der Waals surface area contributed by atoms with E-state index in [1.807, 2.05) is 6.07 Å². The van der Waals surface area contributed by atoms with Crippen molar-refractivity contribution in [1.29, 1.82) is 0 Å². The van der Waals surface area contributed by atoms with Crippen LogP contribution in [0, 0.1) is 0 Å². The van der Waals surface area contributed by atoms with E-state index in [-0.39, 0.29) is 1.43 Å². The molecule has 0 aromatic carbocycles. The van der Waals surface area contributed by atoms with Crippen LogP contribution >= 0.6 is 0 Å². The molecule has 0 aliphatic heterocycles. The summed E-state index contributed by atoms with van der Waals surface area (Å²) in [4.78, 5) is 8.06. The van der Waals surface area contributed by atoms with Crippen molar-refractivity contribution < 1.29 is 1.43 Å². The van der Waals surface area contributed by atoms with E-state index in [1.165, 1.54) is 6.42 Å². The van der Waals surface area contributed by atoms with E-state index in [0.717, 1.165) is 18.9 Å². The lowest BCUT2D eigenvalue weighted by atomic mass is 10.3. The number of unbranched alkanes of at least 4 members (excludes halogenated alkanes) is 1. The minimum Gasteiger partial charge on any atom is -0.354 e. The van der Waals surface area contributed by atoms with Crippen LogP contribution in [0.1, 0.15) is 21.2 Å². The van der Waals surface area contributed by atoms with Crippen molar-refractivity contribution in [3.63, 3.8) is 0 Å². The normalized spacial score (nSPS) is 9.55. The fourth-order valence-corrected chi connectivity index (χ4v) is 0.767. The van der Waals surface area contributed by atoms with Crippen molar-refractivity contribution in [2.24, 2.45) is 0 Å². The smallest absolute Gasteiger partial charge is 0.222 e. The van der Waals surface area contributed by atoms with Crippen molar-refractivity contribution in [2.45, 2.75) is 19.8 Å². The van der Waals surface area contributed by atoms with Gasteiger partial charge >= 0.3 is 0 Å². The Bertz CT molecular complexity index is 191. The fraction of sp³-hybridized carbons (Fsp3) is 0.500. The number of nitrogens with one attached hydrogen (secondary N) is 1. The standard InChI is InChI=1S/C8H13N3.H2/c1-2-3-5-9-8-10-6-4-7-11-8;/h4,6-7H,2-3,5H2,1H3,(H,9,10,11);1H. The SMILES string of the molecule is CCCCNc1ncccn1.[HH]. The number of hydrogen-bond acceptors (Lipinski definition) is 3. The van der Waals surface area contributed by atoms with Crippen LogP contribution in [0.4, 0.5) is 5.95 Å². The summed E-state index contributed by atoms with van der Waals surface area (Å²) in [5.41, 5.74) is 0. The maximum absolute atomic E-state index is 4.03. The van der Waals surface area contributed by atoms with Crippen molar-refractivity contribution >= 4 is 5.95 Å². The Hall–Kier alpha value is -1.12. The van der Waals surface area contributed by atoms with Crippen molar-refractivity contribution in [2.75, 3.05) is 11.9 Å². The molecule has 0 atom stereocenters. The van der Waals surface area contributed by atoms with Gasteiger partial charge in [0.15, 0.2) is 0 Å². The van der Waals surface area contributed by atoms with Gasteiger partial charge in [0, 0.05) is 20.4 Å². The van der Waals surface area contributed by atoms with Gasteiger partial charge in [0.05, 0.1) is 0 Å². The maximum atomic E-state index is 4.03. The summed E-state index contributed by atoms with van der Waals surface area (Å²) in [5, 5.41) is 3.12. The van der Waals surface area contributed by atoms with E-state index in [2.05, 4.69) is 22.2 Å². The molecule has 0 amide bonds. The summed E-state index contributed by atoms with van der Waals surface area (Å²) in [6.45, 7) is 3.12. The van der Waals surface area contributed by atoms with E-state index in [9.17, 15) is 0 Å². The molecule has 0 bridgehead atoms. The van der Waals surface area contributed by atoms with Crippen LogP contribution in [0.5, 0.6) is 0 Å². The van der Waals surface area contributed by atoms with Crippen LogP contribution < -0.4 is 5.32 Å². The highest BCUT2D eigenvalue weighted by Crippen LogP contribution is 1.94. The second-order valence-corrected chi connectivity index (χ2v) is 2.35. The van der Waals surface area contributed by atoms with Crippen LogP contribution in [-0.4, -0.2) is 16.5 Å². The Balaban J connectivity index is 0.00000121. The van der Waals surface area contributed by atoms with Crippen LogP contribution in [0.15, 0.2) is 18.5 Å². The van der Waals surface area contributed by atoms with Crippen LogP contribution in [0.3, 0.4) is 0 Å². The summed E-state index contributed by atoms with van der Waals surface area (Å²) in [6.07, 6.45) is 5.83. The van der Waals surface area contributed by atoms with Gasteiger partial charge < -0.3 is 5.32 Å². The van der Waals surface area contributed by atoms with Crippen molar-refractivity contribution in [3.8, 4) is 0 Å². The van der Waals surface area contributed by atoms with Gasteiger partial charge in [0.2, 0.25) is 5.95 Å². The Morgan fingerprint density at radius 3 is 2.82 bits per heavy atom. The number of hydrogen-bond donors (Lipinski definition) is 1. The highest BCUT2D eigenvalue weighted by Gasteiger charge is 1.89. The monoisotopic (exact) mass is 153 g/mol. The van der Waals surface area contributed by atoms with Gasteiger partial charge in [0.1, 0.15) is 0 Å². The summed E-state index contributed by atoms with van der Waals surface area (Å²) >= 11 is 0. The minimum absolute atomic E-state index is 0. The molecule has 11 heavy (non-hydrogen) atoms. The predicted octanol–water partition coefficient (Wildman–Crippen LogP) is 1.93. The molecule has 1 rings (SSSR count). The average Bonchev–Trinajstić information content (AvgIpc) is 2.07. The molecular formula is C8H15N3. The summed E-state index contributed by atoms with van der Waals surface area (Å²) in [7, 11) is 0. The lowest BCUT2D eigenvalue weighted by Gasteiger charge is -2.00. The second kappa shape index (κ2) is 4.66. The highest BCUT2D eigenvalue weighted by atomic mass is 15.1. The van der Waals surface area contributed by atoms with E-state index >= 15 is 0 Å². The summed E-state index contributed by atoms with van der Waals surface area (Å²) in [5.74, 6) is 0.723. The minimum atomic E-state index is 0. The summed E-state index contributed by atoms with van der Waals surface area (Å²) < 4.78 is 0. The van der Waals surface area contributed by atoms with E-state index in [4.69, 9.17) is 0 Å². The quantitative estimate of drug-likeness (QED) is 0.672. The Labute approximate surface area is 68.4 Å². The van der Waals surface area contributed by atoms with Crippen LogP contribution in [-0.2, 0) is 0 Å². The van der Waals surface area contributed by atoms with Gasteiger partial charge in [-0.1, -0.05) is 13.3 Å². The first-order valence-electron chi connectivity index (χ1n) is 3.94. The molecule has 3 nitrogen and oxygen atoms in total. The molecule has 62 valence electrons. The first-order valence-corrected chi connectivity index (χ1v) is 3.94. The zero-order valence-electron chi connectivity index (χ0n) is 6.75. The lowest BCUT2D eigenvalue weighted by Crippen LogP contribution is -2.03. The third kappa shape index (κ3) is 2.98. The predicted molar refractivity (Wildman–Crippen MR) is 47.5 cm³/mol. The van der Waals surface area contributed by atoms with Gasteiger partial charge in [-0.3, -0.25) is 0 Å². The third-order valence-electron chi connectivity index (χ3n) is 1.38. The molecule has 3 heteroatoms. The molecule has 1 N–H and O–H groups in total. The number of aromatic nitrogens is 2. The zero-order chi connectivity index (χ0) is 7.94. The van der Waals surface area contributed by atoms with Gasteiger partial charge in [-0.05, 0) is 12.5 Å². The zero-order valence-corrected chi connectivity index (χ0v) is 6.75. The maximum Gasteiger partial charge on any atom is 0.222 e. The first-order chi connectivity index (χ1) is 5.43. The highest BCUT2D eigenvalue weighted by molar-refractivity contribution is 5.21. The van der Waals surface area contributed by atoms with Crippen LogP contribution in [0.25, 0.3) is 0 Å². The van der Waals surface area contributed by atoms with Crippen LogP contribution in [0.2, 0.25) is 0 Å². The van der Waals surface area contributed by atoms with E-state index in [1.54, 1.807) is 12.4 Å². The van der Waals surface area contributed by atoms with Gasteiger partial charge in [0.25, 0.3) is 0 Å². The average molecular weight is 153 g/mol. The van der Waals surface area contributed by atoms with Crippen molar-refractivity contribution in [3.05, 3.63) is 18.5 Å². The van der Waals surface area contributed by atoms with Gasteiger partial charge in [-0.2, -0.15) is 0 Å². The molecule has 1 aromatic rings. The molecule has 0 unspecified atom stereocenters. The number of nitrogens with zero attached hydrogens (tertiary/aromatic N) is 2. The Morgan fingerprint density at radius 2 is 2.18 bits per heavy atom. The number of rotatable bonds is 4. The molecule has 0 aliphatic rings. The second-order valence-electron chi connectivity index (χ2n) is 2.35. The molecule has 1 aromatic heterocycles. The third-order valence-corrected chi connectivity index (χ3v) is 1.38. The Morgan fingerprint density at radius 1 is 1.45 bits per heavy atom. The largest absolute Gasteiger partial charge is 0.354 e. The summed E-state index contributed by atoms with van der Waals surface area (Å²) in [6, 6.07) is 1.81. The molecule has 0 spiro atoms. The van der Waals surface area contributed by atoms with E-state index in [0.29, 0.717) is 0 Å². The molecular weight excluding hydrogens is 138 g/mol. The molecule has 0 fully saturated rings. The van der Waals surface area contributed by atoms with Gasteiger partial charge in [-0.15, -0.1) is 0 Å². The molecule has 0 saturated carbocycles. The fourth-order valence-electron chi connectivity index (χ4n) is 0.767. The molecule has 1 heterocycles. The van der Waals surface area contributed by atoms with Crippen molar-refractivity contribution in [1.82, 2.24) is 9.97 Å². The molecule has 0 aliphatic carbocycles.